The lowest BCUT2D eigenvalue weighted by atomic mass is 9.76. The quantitative estimate of drug-likeness (QED) is 0.724. The van der Waals surface area contributed by atoms with Crippen LogP contribution in [0.2, 0.25) is 0 Å². The molecule has 5 nitrogen and oxygen atoms in total. The summed E-state index contributed by atoms with van der Waals surface area (Å²) in [5.41, 5.74) is 3.43. The number of hydrogen-bond acceptors (Lipinski definition) is 3. The normalized spacial score (nSPS) is 22.5. The minimum absolute atomic E-state index is 0.0600. The first-order valence-corrected chi connectivity index (χ1v) is 8.85. The number of benzene rings is 2. The van der Waals surface area contributed by atoms with E-state index >= 15 is 0 Å². The number of halogens is 1. The number of amides is 1. The molecule has 0 saturated carbocycles. The Morgan fingerprint density at radius 2 is 1.96 bits per heavy atom. The number of allylic oxidation sites excluding steroid dienone is 2. The summed E-state index contributed by atoms with van der Waals surface area (Å²) < 4.78 is 13.3. The molecule has 2 aromatic carbocycles. The number of fused-ring (bicyclic) bond motifs is 3. The van der Waals surface area contributed by atoms with Crippen LogP contribution >= 0.6 is 0 Å². The Balaban J connectivity index is 1.64. The van der Waals surface area contributed by atoms with Crippen LogP contribution in [0.4, 0.5) is 10.1 Å². The van der Waals surface area contributed by atoms with Crippen molar-refractivity contribution >= 4 is 17.6 Å². The van der Waals surface area contributed by atoms with E-state index in [1.165, 1.54) is 12.1 Å². The second-order valence-corrected chi connectivity index (χ2v) is 6.91. The summed E-state index contributed by atoms with van der Waals surface area (Å²) in [6.07, 6.45) is 5.19. The molecule has 4 rings (SSSR count). The highest BCUT2D eigenvalue weighted by Crippen LogP contribution is 2.49. The Labute approximate surface area is 155 Å². The minimum Gasteiger partial charge on any atom is -0.480 e. The molecule has 3 atom stereocenters. The highest BCUT2D eigenvalue weighted by molar-refractivity contribution is 5.96. The van der Waals surface area contributed by atoms with Crippen LogP contribution in [0.5, 0.6) is 0 Å². The van der Waals surface area contributed by atoms with Crippen LogP contribution in [-0.2, 0) is 4.79 Å². The second-order valence-electron chi connectivity index (χ2n) is 6.91. The van der Waals surface area contributed by atoms with Crippen LogP contribution < -0.4 is 10.6 Å². The Kier molecular flexibility index (Phi) is 4.39. The molecule has 2 aliphatic rings. The Bertz CT molecular complexity index is 924. The van der Waals surface area contributed by atoms with Crippen molar-refractivity contribution in [1.82, 2.24) is 5.32 Å². The monoisotopic (exact) mass is 366 g/mol. The SMILES string of the molecule is O=C(O)CNC(=O)c1ccc2c(c1)[C@H]1C=CC[C@H]1[C@@H](c1ccc(F)cc1)N2. The minimum atomic E-state index is -1.08. The molecule has 3 N–H and O–H groups in total. The van der Waals surface area contributed by atoms with Gasteiger partial charge in [-0.2, -0.15) is 0 Å². The van der Waals surface area contributed by atoms with Crippen LogP contribution in [0.15, 0.2) is 54.6 Å². The highest BCUT2D eigenvalue weighted by Gasteiger charge is 2.38. The number of carboxylic acids is 1. The molecule has 138 valence electrons. The third-order valence-corrected chi connectivity index (χ3v) is 5.25. The largest absolute Gasteiger partial charge is 0.480 e. The number of carbonyl (C=O) groups excluding carboxylic acids is 1. The molecular formula is C21H19FN2O3. The van der Waals surface area contributed by atoms with Gasteiger partial charge in [0.05, 0.1) is 6.04 Å². The standard InChI is InChI=1S/C21H19FN2O3/c22-14-7-4-12(5-8-14)20-16-3-1-2-15(16)17-10-13(6-9-18(17)24-20)21(27)23-11-19(25)26/h1-2,4-10,15-16,20,24H,3,11H2,(H,23,27)(H,25,26)/t15-,16+,20+/m0/s1. The average molecular weight is 366 g/mol. The van der Waals surface area contributed by atoms with Crippen molar-refractivity contribution in [2.45, 2.75) is 18.4 Å². The predicted molar refractivity (Wildman–Crippen MR) is 99.2 cm³/mol. The van der Waals surface area contributed by atoms with E-state index in [9.17, 15) is 14.0 Å². The zero-order valence-electron chi connectivity index (χ0n) is 14.5. The van der Waals surface area contributed by atoms with E-state index in [-0.39, 0.29) is 23.7 Å². The van der Waals surface area contributed by atoms with E-state index in [4.69, 9.17) is 5.11 Å². The van der Waals surface area contributed by atoms with Gasteiger partial charge in [0.2, 0.25) is 0 Å². The summed E-state index contributed by atoms with van der Waals surface area (Å²) in [5.74, 6) is -1.31. The van der Waals surface area contributed by atoms with Crippen molar-refractivity contribution < 1.29 is 19.1 Å². The zero-order valence-corrected chi connectivity index (χ0v) is 14.5. The topological polar surface area (TPSA) is 78.4 Å². The number of carboxylic acid groups (broad SMARTS) is 1. The van der Waals surface area contributed by atoms with Crippen LogP contribution in [0.25, 0.3) is 0 Å². The summed E-state index contributed by atoms with van der Waals surface area (Å²) in [6.45, 7) is -0.410. The van der Waals surface area contributed by atoms with Gasteiger partial charge >= 0.3 is 5.97 Å². The molecule has 0 radical (unpaired) electrons. The first-order chi connectivity index (χ1) is 13.0. The van der Waals surface area contributed by atoms with Gasteiger partial charge in [-0.15, -0.1) is 0 Å². The molecule has 1 aliphatic heterocycles. The molecule has 0 spiro atoms. The number of hydrogen-bond donors (Lipinski definition) is 3. The summed E-state index contributed by atoms with van der Waals surface area (Å²) >= 11 is 0. The van der Waals surface area contributed by atoms with Gasteiger partial charge < -0.3 is 15.7 Å². The maximum atomic E-state index is 13.3. The van der Waals surface area contributed by atoms with Crippen LogP contribution in [0.3, 0.4) is 0 Å². The number of aliphatic carboxylic acids is 1. The van der Waals surface area contributed by atoms with Gasteiger partial charge in [-0.25, -0.2) is 4.39 Å². The lowest BCUT2D eigenvalue weighted by molar-refractivity contribution is -0.135. The Morgan fingerprint density at radius 1 is 1.19 bits per heavy atom. The van der Waals surface area contributed by atoms with E-state index in [0.717, 1.165) is 23.2 Å². The fraction of sp³-hybridized carbons (Fsp3) is 0.238. The Morgan fingerprint density at radius 3 is 2.70 bits per heavy atom. The molecule has 0 fully saturated rings. The van der Waals surface area contributed by atoms with Gasteiger partial charge in [-0.3, -0.25) is 9.59 Å². The third-order valence-electron chi connectivity index (χ3n) is 5.25. The summed E-state index contributed by atoms with van der Waals surface area (Å²) in [5, 5.41) is 14.6. The number of anilines is 1. The van der Waals surface area contributed by atoms with Crippen LogP contribution in [0.1, 0.15) is 39.9 Å². The van der Waals surface area contributed by atoms with E-state index in [1.54, 1.807) is 18.2 Å². The fourth-order valence-electron chi connectivity index (χ4n) is 3.99. The van der Waals surface area contributed by atoms with Crippen molar-refractivity contribution in [1.29, 1.82) is 0 Å². The average Bonchev–Trinajstić information content (AvgIpc) is 3.16. The van der Waals surface area contributed by atoms with E-state index < -0.39 is 18.4 Å². The second kappa shape index (κ2) is 6.87. The maximum absolute atomic E-state index is 13.3. The van der Waals surface area contributed by atoms with Gasteiger partial charge in [-0.1, -0.05) is 24.3 Å². The lowest BCUT2D eigenvalue weighted by Gasteiger charge is -2.37. The van der Waals surface area contributed by atoms with E-state index in [1.807, 2.05) is 12.1 Å². The molecule has 1 heterocycles. The molecule has 6 heteroatoms. The summed E-state index contributed by atoms with van der Waals surface area (Å²) in [7, 11) is 0. The Hall–Kier alpha value is -3.15. The zero-order chi connectivity index (χ0) is 19.0. The van der Waals surface area contributed by atoms with Gasteiger partial charge in [-0.05, 0) is 53.8 Å². The van der Waals surface area contributed by atoms with Crippen molar-refractivity contribution in [2.24, 2.45) is 5.92 Å². The smallest absolute Gasteiger partial charge is 0.322 e. The number of rotatable bonds is 4. The molecule has 2 aromatic rings. The molecule has 1 amide bonds. The van der Waals surface area contributed by atoms with Gasteiger partial charge in [0.1, 0.15) is 12.4 Å². The molecule has 0 unspecified atom stereocenters. The fourth-order valence-corrected chi connectivity index (χ4v) is 3.99. The first-order valence-electron chi connectivity index (χ1n) is 8.85. The molecule has 27 heavy (non-hydrogen) atoms. The van der Waals surface area contributed by atoms with Gasteiger partial charge in [0.25, 0.3) is 5.91 Å². The van der Waals surface area contributed by atoms with Crippen LogP contribution in [0, 0.1) is 11.7 Å². The van der Waals surface area contributed by atoms with Crippen LogP contribution in [-0.4, -0.2) is 23.5 Å². The lowest BCUT2D eigenvalue weighted by Crippen LogP contribution is -2.31. The molecular weight excluding hydrogens is 347 g/mol. The summed E-state index contributed by atoms with van der Waals surface area (Å²) in [6, 6.07) is 12.0. The number of carbonyl (C=O) groups is 2. The number of nitrogens with one attached hydrogen (secondary N) is 2. The van der Waals surface area contributed by atoms with Crippen molar-refractivity contribution in [2.75, 3.05) is 11.9 Å². The molecule has 0 saturated heterocycles. The third kappa shape index (κ3) is 3.30. The van der Waals surface area contributed by atoms with E-state index in [2.05, 4.69) is 22.8 Å². The molecule has 1 aliphatic carbocycles. The van der Waals surface area contributed by atoms with Crippen molar-refractivity contribution in [3.8, 4) is 0 Å². The van der Waals surface area contributed by atoms with Crippen molar-refractivity contribution in [3.63, 3.8) is 0 Å². The van der Waals surface area contributed by atoms with Gasteiger partial charge in [0, 0.05) is 17.2 Å². The maximum Gasteiger partial charge on any atom is 0.322 e. The van der Waals surface area contributed by atoms with Gasteiger partial charge in [0.15, 0.2) is 0 Å². The predicted octanol–water partition coefficient (Wildman–Crippen LogP) is 3.47. The van der Waals surface area contributed by atoms with Crippen molar-refractivity contribution in [3.05, 3.63) is 77.1 Å². The molecule has 0 bridgehead atoms. The molecule has 0 aromatic heterocycles. The summed E-state index contributed by atoms with van der Waals surface area (Å²) in [4.78, 5) is 22.8. The van der Waals surface area contributed by atoms with E-state index in [0.29, 0.717) is 5.56 Å². The first kappa shape index (κ1) is 17.3. The highest BCUT2D eigenvalue weighted by atomic mass is 19.1.